The maximum atomic E-state index is 13.6. The molecule has 1 N–H and O–H groups in total. The fourth-order valence-corrected chi connectivity index (χ4v) is 3.73. The molecule has 2 rings (SSSR count). The fourth-order valence-electron chi connectivity index (χ4n) is 3.35. The Labute approximate surface area is 210 Å². The van der Waals surface area contributed by atoms with E-state index in [0.717, 1.165) is 6.42 Å². The number of benzene rings is 1. The van der Waals surface area contributed by atoms with E-state index >= 15 is 0 Å². The molecule has 0 bridgehead atoms. The van der Waals surface area contributed by atoms with E-state index in [1.165, 1.54) is 4.68 Å². The van der Waals surface area contributed by atoms with Gasteiger partial charge in [-0.3, -0.25) is 4.79 Å². The van der Waals surface area contributed by atoms with Gasteiger partial charge in [-0.1, -0.05) is 25.1 Å². The van der Waals surface area contributed by atoms with Crippen LogP contribution in [-0.2, 0) is 20.8 Å². The Balaban J connectivity index is 2.58. The lowest BCUT2D eigenvalue weighted by molar-refractivity contribution is 0.105. The number of para-hydroxylation sites is 1. The predicted octanol–water partition coefficient (Wildman–Crippen LogP) is 2.16. The zero-order valence-electron chi connectivity index (χ0n) is 21.2. The monoisotopic (exact) mass is 510 g/mol. The van der Waals surface area contributed by atoms with Crippen LogP contribution < -0.4 is 24.7 Å². The number of nitrogens with zero attached hydrogens (tertiary/aromatic N) is 3. The smallest absolute Gasteiger partial charge is 0.316 e. The Morgan fingerprint density at radius 3 is 2.26 bits per heavy atom. The highest BCUT2D eigenvalue weighted by atomic mass is 32.2. The van der Waals surface area contributed by atoms with Crippen molar-refractivity contribution in [3.8, 4) is 17.3 Å². The van der Waals surface area contributed by atoms with Crippen LogP contribution >= 0.6 is 0 Å². The van der Waals surface area contributed by atoms with Crippen LogP contribution in [0.15, 0.2) is 35.1 Å². The maximum Gasteiger partial charge on any atom is 0.316 e. The lowest BCUT2D eigenvalue weighted by Crippen LogP contribution is -2.37. The van der Waals surface area contributed by atoms with Crippen molar-refractivity contribution in [3.05, 3.63) is 40.7 Å². The number of rotatable bonds is 18. The van der Waals surface area contributed by atoms with Gasteiger partial charge in [-0.2, -0.15) is 4.68 Å². The quantitative estimate of drug-likeness (QED) is 0.238. The summed E-state index contributed by atoms with van der Waals surface area (Å²) in [5.41, 5.74) is 0.673. The van der Waals surface area contributed by atoms with Gasteiger partial charge in [-0.25, -0.2) is 0 Å². The lowest BCUT2D eigenvalue weighted by Gasteiger charge is -2.28. The van der Waals surface area contributed by atoms with Crippen molar-refractivity contribution in [1.29, 1.82) is 0 Å². The number of anilines is 1. The van der Waals surface area contributed by atoms with Gasteiger partial charge in [0.1, 0.15) is 19.5 Å². The highest BCUT2D eigenvalue weighted by Gasteiger charge is 2.26. The Kier molecular flexibility index (Phi) is 13.5. The first kappa shape index (κ1) is 28.9. The van der Waals surface area contributed by atoms with Crippen molar-refractivity contribution in [2.75, 3.05) is 70.4 Å². The van der Waals surface area contributed by atoms with Gasteiger partial charge in [0.15, 0.2) is 5.69 Å². The van der Waals surface area contributed by atoms with Gasteiger partial charge in [-0.05, 0) is 32.4 Å². The van der Waals surface area contributed by atoms with E-state index in [-0.39, 0.29) is 24.8 Å². The predicted molar refractivity (Wildman–Crippen MR) is 138 cm³/mol. The van der Waals surface area contributed by atoms with Crippen LogP contribution in [0.3, 0.4) is 0 Å². The second kappa shape index (κ2) is 16.4. The summed E-state index contributed by atoms with van der Waals surface area (Å²) in [6.45, 7) is 9.71. The van der Waals surface area contributed by atoms with Crippen molar-refractivity contribution in [2.45, 2.75) is 27.2 Å². The van der Waals surface area contributed by atoms with E-state index in [0.29, 0.717) is 57.4 Å². The largest absolute Gasteiger partial charge is 0.598 e. The zero-order chi connectivity index (χ0) is 25.5. The molecule has 1 unspecified atom stereocenters. The minimum absolute atomic E-state index is 0.140. The maximum absolute atomic E-state index is 13.6. The highest BCUT2D eigenvalue weighted by molar-refractivity contribution is 7.88. The molecule has 196 valence electrons. The van der Waals surface area contributed by atoms with E-state index in [4.69, 9.17) is 18.9 Å². The molecule has 0 aliphatic rings. The number of hydrogen-bond donors (Lipinski definition) is 1. The molecule has 0 fully saturated rings. The van der Waals surface area contributed by atoms with Crippen LogP contribution in [0, 0.1) is 0 Å². The van der Waals surface area contributed by atoms with Crippen LogP contribution in [0.25, 0.3) is 5.69 Å². The molecular weight excluding hydrogens is 472 g/mol. The molecule has 1 heterocycles. The van der Waals surface area contributed by atoms with E-state index in [1.807, 2.05) is 43.9 Å². The molecular formula is C24H38N4O6S. The topological polar surface area (TPSA) is 110 Å². The normalized spacial score (nSPS) is 11.9. The van der Waals surface area contributed by atoms with Gasteiger partial charge in [0.25, 0.3) is 5.88 Å². The van der Waals surface area contributed by atoms with Crippen LogP contribution in [0.5, 0.6) is 11.6 Å². The molecule has 0 amide bonds. The van der Waals surface area contributed by atoms with Crippen LogP contribution in [0.4, 0.5) is 5.69 Å². The van der Waals surface area contributed by atoms with Crippen molar-refractivity contribution in [2.24, 2.45) is 0 Å². The van der Waals surface area contributed by atoms with Gasteiger partial charge >= 0.3 is 5.56 Å². The van der Waals surface area contributed by atoms with Crippen molar-refractivity contribution >= 4 is 17.0 Å². The average Bonchev–Trinajstić information content (AvgIpc) is 2.85. The highest BCUT2D eigenvalue weighted by Crippen LogP contribution is 2.34. The Hall–Kier alpha value is -2.31. The van der Waals surface area contributed by atoms with Gasteiger partial charge in [0.2, 0.25) is 5.75 Å². The molecule has 1 aromatic heterocycles. The third-order valence-corrected chi connectivity index (χ3v) is 5.45. The Morgan fingerprint density at radius 1 is 1.00 bits per heavy atom. The molecule has 1 atom stereocenters. The number of nitrogens with one attached hydrogen (secondary N) is 1. The summed E-state index contributed by atoms with van der Waals surface area (Å²) in [6.07, 6.45) is 2.39. The molecule has 0 aliphatic carbocycles. The summed E-state index contributed by atoms with van der Waals surface area (Å²) in [5.74, 6) is 0.409. The minimum Gasteiger partial charge on any atom is -0.598 e. The van der Waals surface area contributed by atoms with Gasteiger partial charge < -0.3 is 28.4 Å². The van der Waals surface area contributed by atoms with E-state index in [2.05, 4.69) is 9.82 Å². The summed E-state index contributed by atoms with van der Waals surface area (Å²) in [5, 5.41) is 4.58. The third-order valence-electron chi connectivity index (χ3n) is 4.84. The molecule has 0 spiro atoms. The first-order valence-corrected chi connectivity index (χ1v) is 13.5. The fraction of sp³-hybridized carbons (Fsp3) is 0.583. The Morgan fingerprint density at radius 2 is 1.66 bits per heavy atom. The molecule has 2 aromatic rings. The van der Waals surface area contributed by atoms with Gasteiger partial charge in [0, 0.05) is 37.7 Å². The molecule has 0 saturated heterocycles. The molecule has 1 aromatic carbocycles. The van der Waals surface area contributed by atoms with Gasteiger partial charge in [-0.15, -0.1) is 9.82 Å². The van der Waals surface area contributed by atoms with Crippen LogP contribution in [0.2, 0.25) is 0 Å². The molecule has 35 heavy (non-hydrogen) atoms. The second-order valence-corrected chi connectivity index (χ2v) is 8.66. The zero-order valence-corrected chi connectivity index (χ0v) is 22.0. The van der Waals surface area contributed by atoms with Crippen molar-refractivity contribution in [3.63, 3.8) is 0 Å². The standard InChI is InChI=1S/C24H38N4O6S/c1-5-14-27(15-13-25-35(4)30)21-22(33-18-16-31-6-2)24(29)28(20-11-9-8-10-12-20)26-23(21)34-19-17-32-7-3/h8-12,25H,5-7,13-19H2,1-4H3. The summed E-state index contributed by atoms with van der Waals surface area (Å²) in [4.78, 5) is 15.6. The summed E-state index contributed by atoms with van der Waals surface area (Å²) in [6, 6.07) is 9.14. The number of hydrogen-bond acceptors (Lipinski definition) is 9. The number of aromatic nitrogens is 2. The minimum atomic E-state index is -1.15. The summed E-state index contributed by atoms with van der Waals surface area (Å²) < 4.78 is 38.7. The molecule has 11 heteroatoms. The lowest BCUT2D eigenvalue weighted by atomic mass is 10.3. The molecule has 0 saturated carbocycles. The first-order valence-electron chi connectivity index (χ1n) is 12.0. The molecule has 10 nitrogen and oxygen atoms in total. The van der Waals surface area contributed by atoms with E-state index in [1.54, 1.807) is 18.4 Å². The average molecular weight is 511 g/mol. The van der Waals surface area contributed by atoms with E-state index < -0.39 is 16.9 Å². The van der Waals surface area contributed by atoms with E-state index in [9.17, 15) is 9.35 Å². The molecule has 0 aliphatic heterocycles. The van der Waals surface area contributed by atoms with Crippen molar-refractivity contribution < 1.29 is 23.5 Å². The SMILES string of the molecule is CCCN(CCN[S+](C)[O-])c1c(OCCOCC)nn(-c2ccccc2)c(=O)c1OCCOCC. The summed E-state index contributed by atoms with van der Waals surface area (Å²) >= 11 is -1.15. The van der Waals surface area contributed by atoms with Crippen molar-refractivity contribution in [1.82, 2.24) is 14.5 Å². The summed E-state index contributed by atoms with van der Waals surface area (Å²) in [7, 11) is 0. The first-order chi connectivity index (χ1) is 17.0. The van der Waals surface area contributed by atoms with Crippen LogP contribution in [0.1, 0.15) is 27.2 Å². The Bertz CT molecular complexity index is 913. The number of ether oxygens (including phenoxy) is 4. The second-order valence-electron chi connectivity index (χ2n) is 7.46. The van der Waals surface area contributed by atoms with Crippen LogP contribution in [-0.4, -0.2) is 79.9 Å². The van der Waals surface area contributed by atoms with Gasteiger partial charge in [0.05, 0.1) is 25.4 Å². The third kappa shape index (κ3) is 9.34. The molecule has 0 radical (unpaired) electrons.